The molecule has 14 heteroatoms. The summed E-state index contributed by atoms with van der Waals surface area (Å²) < 4.78 is 28.7. The molecule has 16 atom stereocenters. The number of hydrogen-bond donors (Lipinski definition) is 9. The molecule has 4 saturated heterocycles. The molecule has 0 radical (unpaired) electrons. The standard InChI is InChI=1S/C20H34O14/c1-5-16(34-20-15(29)13(27)11(25)8(4-23)32-20)17-9(6(2-21)30-5)18(33-17)19-14(28)12(26)10(24)7(3-22)31-19/h5-29H,2-4H2,1H3/t5-,6?,7?,8?,9?,10?,11?,12?,13?,14?,15?,16?,17?,18?,19?,20?/m1/s1. The highest BCUT2D eigenvalue weighted by Crippen LogP contribution is 2.46. The highest BCUT2D eigenvalue weighted by atomic mass is 16.7. The Morgan fingerprint density at radius 3 is 1.71 bits per heavy atom. The van der Waals surface area contributed by atoms with Gasteiger partial charge in [-0.1, -0.05) is 0 Å². The molecule has 4 fully saturated rings. The molecule has 4 aliphatic rings. The van der Waals surface area contributed by atoms with Crippen LogP contribution in [-0.4, -0.2) is 158 Å². The molecule has 4 heterocycles. The molecule has 0 spiro atoms. The van der Waals surface area contributed by atoms with Crippen LogP contribution in [0, 0.1) is 5.92 Å². The highest BCUT2D eigenvalue weighted by molar-refractivity contribution is 5.09. The van der Waals surface area contributed by atoms with E-state index in [0.29, 0.717) is 0 Å². The molecule has 0 aromatic heterocycles. The topological polar surface area (TPSA) is 228 Å². The third-order valence-corrected chi connectivity index (χ3v) is 7.25. The van der Waals surface area contributed by atoms with Gasteiger partial charge in [0.25, 0.3) is 0 Å². The molecular weight excluding hydrogens is 464 g/mol. The van der Waals surface area contributed by atoms with Crippen molar-refractivity contribution in [2.75, 3.05) is 19.8 Å². The lowest BCUT2D eigenvalue weighted by Crippen LogP contribution is -2.74. The van der Waals surface area contributed by atoms with E-state index in [0.717, 1.165) is 0 Å². The summed E-state index contributed by atoms with van der Waals surface area (Å²) in [6, 6.07) is 0. The first-order valence-electron chi connectivity index (χ1n) is 11.3. The van der Waals surface area contributed by atoms with Crippen LogP contribution in [0.15, 0.2) is 0 Å². The zero-order valence-corrected chi connectivity index (χ0v) is 18.4. The van der Waals surface area contributed by atoms with Gasteiger partial charge in [-0.05, 0) is 6.92 Å². The Labute approximate surface area is 194 Å². The van der Waals surface area contributed by atoms with E-state index in [1.807, 2.05) is 0 Å². The molecule has 34 heavy (non-hydrogen) atoms. The largest absolute Gasteiger partial charge is 0.394 e. The van der Waals surface area contributed by atoms with Crippen molar-refractivity contribution in [3.8, 4) is 0 Å². The van der Waals surface area contributed by atoms with Crippen molar-refractivity contribution in [3.05, 3.63) is 0 Å². The molecule has 198 valence electrons. The maximum Gasteiger partial charge on any atom is 0.187 e. The van der Waals surface area contributed by atoms with Gasteiger partial charge < -0.3 is 69.6 Å². The Hall–Kier alpha value is -0.560. The maximum atomic E-state index is 10.5. The van der Waals surface area contributed by atoms with Gasteiger partial charge in [0.15, 0.2) is 6.29 Å². The summed E-state index contributed by atoms with van der Waals surface area (Å²) in [6.45, 7) is -0.00836. The van der Waals surface area contributed by atoms with Gasteiger partial charge in [-0.15, -0.1) is 0 Å². The molecule has 0 aromatic rings. The van der Waals surface area contributed by atoms with Crippen LogP contribution in [0.3, 0.4) is 0 Å². The van der Waals surface area contributed by atoms with Crippen molar-refractivity contribution in [1.82, 2.24) is 0 Å². The summed E-state index contributed by atoms with van der Waals surface area (Å²) in [7, 11) is 0. The number of aliphatic hydroxyl groups excluding tert-OH is 9. The summed E-state index contributed by atoms with van der Waals surface area (Å²) in [4.78, 5) is 0. The highest BCUT2D eigenvalue weighted by Gasteiger charge is 2.62. The number of hydrogen-bond acceptors (Lipinski definition) is 14. The molecule has 4 rings (SSSR count). The maximum absolute atomic E-state index is 10.5. The van der Waals surface area contributed by atoms with Crippen molar-refractivity contribution in [2.24, 2.45) is 5.92 Å². The van der Waals surface area contributed by atoms with Crippen LogP contribution in [0.4, 0.5) is 0 Å². The van der Waals surface area contributed by atoms with Crippen molar-refractivity contribution in [3.63, 3.8) is 0 Å². The molecule has 0 aliphatic carbocycles. The van der Waals surface area contributed by atoms with E-state index in [1.54, 1.807) is 6.92 Å². The molecule has 14 nitrogen and oxygen atoms in total. The first kappa shape index (κ1) is 26.5. The predicted molar refractivity (Wildman–Crippen MR) is 106 cm³/mol. The number of rotatable bonds is 6. The molecule has 4 aliphatic heterocycles. The SMILES string of the molecule is C[C@H]1OC(CO)C2C(C3OC(CO)C(O)C(O)C3O)OC2C1OC1OC(CO)C(O)C(O)C1O. The number of aliphatic hydroxyl groups is 9. The Balaban J connectivity index is 1.50. The second kappa shape index (κ2) is 10.4. The Morgan fingerprint density at radius 2 is 1.12 bits per heavy atom. The molecule has 0 aromatic carbocycles. The van der Waals surface area contributed by atoms with Crippen molar-refractivity contribution in [1.29, 1.82) is 0 Å². The minimum absolute atomic E-state index is 0.407. The molecule has 0 saturated carbocycles. The lowest BCUT2D eigenvalue weighted by atomic mass is 9.73. The number of ether oxygens (including phenoxy) is 5. The Kier molecular flexibility index (Phi) is 8.13. The smallest absolute Gasteiger partial charge is 0.187 e. The molecule has 15 unspecified atom stereocenters. The summed E-state index contributed by atoms with van der Waals surface area (Å²) >= 11 is 0. The fourth-order valence-corrected chi connectivity index (χ4v) is 5.28. The van der Waals surface area contributed by atoms with Gasteiger partial charge in [0.05, 0.1) is 44.2 Å². The zero-order chi connectivity index (χ0) is 24.9. The van der Waals surface area contributed by atoms with Gasteiger partial charge in [-0.3, -0.25) is 0 Å². The molecule has 0 bridgehead atoms. The lowest BCUT2D eigenvalue weighted by Gasteiger charge is -2.59. The monoisotopic (exact) mass is 498 g/mol. The predicted octanol–water partition coefficient (Wildman–Crippen LogP) is -5.82. The van der Waals surface area contributed by atoms with Crippen LogP contribution in [-0.2, 0) is 23.7 Å². The van der Waals surface area contributed by atoms with Gasteiger partial charge in [0.1, 0.15) is 61.0 Å². The van der Waals surface area contributed by atoms with E-state index < -0.39 is 117 Å². The van der Waals surface area contributed by atoms with E-state index in [-0.39, 0.29) is 0 Å². The van der Waals surface area contributed by atoms with Crippen LogP contribution >= 0.6 is 0 Å². The summed E-state index contributed by atoms with van der Waals surface area (Å²) in [6.07, 6.45) is -18.4. The van der Waals surface area contributed by atoms with Gasteiger partial charge in [-0.2, -0.15) is 0 Å². The normalized spacial score (nSPS) is 55.9. The summed E-state index contributed by atoms with van der Waals surface area (Å²) in [5, 5.41) is 89.7. The molecule has 0 amide bonds. The second-order valence-corrected chi connectivity index (χ2v) is 9.30. The van der Waals surface area contributed by atoms with Gasteiger partial charge >= 0.3 is 0 Å². The van der Waals surface area contributed by atoms with E-state index in [4.69, 9.17) is 23.7 Å². The molecule has 9 N–H and O–H groups in total. The molecular formula is C20H34O14. The minimum Gasteiger partial charge on any atom is -0.394 e. The van der Waals surface area contributed by atoms with Gasteiger partial charge in [-0.25, -0.2) is 0 Å². The van der Waals surface area contributed by atoms with E-state index in [2.05, 4.69) is 0 Å². The second-order valence-electron chi connectivity index (χ2n) is 9.30. The Morgan fingerprint density at radius 1 is 0.559 bits per heavy atom. The summed E-state index contributed by atoms with van der Waals surface area (Å²) in [5.41, 5.74) is 0. The van der Waals surface area contributed by atoms with E-state index >= 15 is 0 Å². The first-order valence-corrected chi connectivity index (χ1v) is 11.3. The first-order chi connectivity index (χ1) is 16.1. The van der Waals surface area contributed by atoms with Crippen molar-refractivity contribution < 1.29 is 69.6 Å². The average Bonchev–Trinajstić information content (AvgIpc) is 2.81. The average molecular weight is 498 g/mol. The van der Waals surface area contributed by atoms with E-state index in [9.17, 15) is 46.0 Å². The van der Waals surface area contributed by atoms with Crippen LogP contribution in [0.1, 0.15) is 6.92 Å². The fourth-order valence-electron chi connectivity index (χ4n) is 5.28. The minimum atomic E-state index is -1.64. The van der Waals surface area contributed by atoms with Crippen LogP contribution in [0.5, 0.6) is 0 Å². The summed E-state index contributed by atoms with van der Waals surface area (Å²) in [5.74, 6) is -0.613. The Bertz CT molecular complexity index is 680. The van der Waals surface area contributed by atoms with E-state index in [1.165, 1.54) is 0 Å². The van der Waals surface area contributed by atoms with Crippen molar-refractivity contribution >= 4 is 0 Å². The van der Waals surface area contributed by atoms with Gasteiger partial charge in [0.2, 0.25) is 0 Å². The van der Waals surface area contributed by atoms with Gasteiger partial charge in [0, 0.05) is 5.92 Å². The van der Waals surface area contributed by atoms with Crippen LogP contribution < -0.4 is 0 Å². The third kappa shape index (κ3) is 4.39. The third-order valence-electron chi connectivity index (χ3n) is 7.25. The van der Waals surface area contributed by atoms with Crippen molar-refractivity contribution in [2.45, 2.75) is 98.7 Å². The fraction of sp³-hybridized carbons (Fsp3) is 1.00. The van der Waals surface area contributed by atoms with Crippen LogP contribution in [0.2, 0.25) is 0 Å². The zero-order valence-electron chi connectivity index (χ0n) is 18.4. The lowest BCUT2D eigenvalue weighted by molar-refractivity contribution is -0.389. The number of fused-ring (bicyclic) bond motifs is 1. The quantitative estimate of drug-likeness (QED) is 0.166. The van der Waals surface area contributed by atoms with Crippen LogP contribution in [0.25, 0.3) is 0 Å².